The molecule has 0 radical (unpaired) electrons. The standard InChI is InChI=1S/C20H27N5O2/c1-16-4-2-5-17(14-16)18(25-10-12-27-13-11-25)15-24-19(26)6-9-23-20-21-7-3-8-22-20/h2-5,7-8,14,18H,6,9-13,15H2,1H3,(H,24,26)(H,21,22,23)/t18-/m1/s1. The maximum Gasteiger partial charge on any atom is 0.222 e. The van der Waals surface area contributed by atoms with E-state index in [0.717, 1.165) is 26.3 Å². The highest BCUT2D eigenvalue weighted by Crippen LogP contribution is 2.22. The van der Waals surface area contributed by atoms with Crippen LogP contribution in [0.4, 0.5) is 5.95 Å². The first kappa shape index (κ1) is 19.3. The summed E-state index contributed by atoms with van der Waals surface area (Å²) in [5.41, 5.74) is 2.46. The van der Waals surface area contributed by atoms with Gasteiger partial charge in [0.2, 0.25) is 11.9 Å². The van der Waals surface area contributed by atoms with Gasteiger partial charge >= 0.3 is 0 Å². The average molecular weight is 369 g/mol. The number of amides is 1. The van der Waals surface area contributed by atoms with Crippen LogP contribution in [0.15, 0.2) is 42.7 Å². The molecule has 7 heteroatoms. The van der Waals surface area contributed by atoms with E-state index >= 15 is 0 Å². The molecule has 0 spiro atoms. The fraction of sp³-hybridized carbons (Fsp3) is 0.450. The van der Waals surface area contributed by atoms with Crippen molar-refractivity contribution in [3.63, 3.8) is 0 Å². The summed E-state index contributed by atoms with van der Waals surface area (Å²) in [6.07, 6.45) is 3.72. The molecule has 144 valence electrons. The summed E-state index contributed by atoms with van der Waals surface area (Å²) >= 11 is 0. The van der Waals surface area contributed by atoms with Gasteiger partial charge in [-0.15, -0.1) is 0 Å². The molecule has 1 aromatic carbocycles. The molecule has 1 amide bonds. The maximum atomic E-state index is 12.3. The fourth-order valence-electron chi connectivity index (χ4n) is 3.20. The van der Waals surface area contributed by atoms with Gasteiger partial charge in [-0.25, -0.2) is 9.97 Å². The van der Waals surface area contributed by atoms with E-state index in [1.54, 1.807) is 18.5 Å². The fourth-order valence-corrected chi connectivity index (χ4v) is 3.20. The van der Waals surface area contributed by atoms with Gasteiger partial charge in [0.15, 0.2) is 0 Å². The molecule has 27 heavy (non-hydrogen) atoms. The Morgan fingerprint density at radius 3 is 2.74 bits per heavy atom. The predicted molar refractivity (Wildman–Crippen MR) is 104 cm³/mol. The summed E-state index contributed by atoms with van der Waals surface area (Å²) in [7, 11) is 0. The number of hydrogen-bond acceptors (Lipinski definition) is 6. The number of ether oxygens (including phenoxy) is 1. The van der Waals surface area contributed by atoms with Crippen molar-refractivity contribution < 1.29 is 9.53 Å². The zero-order valence-corrected chi connectivity index (χ0v) is 15.7. The molecule has 1 atom stereocenters. The van der Waals surface area contributed by atoms with Gasteiger partial charge in [-0.3, -0.25) is 9.69 Å². The van der Waals surface area contributed by atoms with Crippen LogP contribution in [0.3, 0.4) is 0 Å². The normalized spacial score (nSPS) is 15.9. The average Bonchev–Trinajstić information content (AvgIpc) is 2.70. The number of aryl methyl sites for hydroxylation is 1. The summed E-state index contributed by atoms with van der Waals surface area (Å²) in [6, 6.07) is 10.4. The van der Waals surface area contributed by atoms with Gasteiger partial charge in [-0.05, 0) is 18.6 Å². The number of aromatic nitrogens is 2. The summed E-state index contributed by atoms with van der Waals surface area (Å²) in [5, 5.41) is 6.14. The van der Waals surface area contributed by atoms with E-state index in [9.17, 15) is 4.79 Å². The van der Waals surface area contributed by atoms with Crippen molar-refractivity contribution in [1.82, 2.24) is 20.2 Å². The number of rotatable bonds is 8. The quantitative estimate of drug-likeness (QED) is 0.738. The van der Waals surface area contributed by atoms with Crippen molar-refractivity contribution in [1.29, 1.82) is 0 Å². The van der Waals surface area contributed by atoms with Crippen LogP contribution in [-0.4, -0.2) is 60.2 Å². The lowest BCUT2D eigenvalue weighted by Crippen LogP contribution is -2.44. The van der Waals surface area contributed by atoms with E-state index < -0.39 is 0 Å². The second kappa shape index (κ2) is 9.99. The van der Waals surface area contributed by atoms with Gasteiger partial charge in [-0.2, -0.15) is 0 Å². The van der Waals surface area contributed by atoms with Crippen molar-refractivity contribution >= 4 is 11.9 Å². The minimum Gasteiger partial charge on any atom is -0.379 e. The zero-order chi connectivity index (χ0) is 18.9. The largest absolute Gasteiger partial charge is 0.379 e. The van der Waals surface area contributed by atoms with E-state index in [4.69, 9.17) is 4.74 Å². The minimum atomic E-state index is 0.0179. The third-order valence-electron chi connectivity index (χ3n) is 4.61. The number of carbonyl (C=O) groups excluding carboxylic acids is 1. The van der Waals surface area contributed by atoms with Crippen molar-refractivity contribution in [2.24, 2.45) is 0 Å². The number of anilines is 1. The highest BCUT2D eigenvalue weighted by atomic mass is 16.5. The molecular weight excluding hydrogens is 342 g/mol. The first-order valence-corrected chi connectivity index (χ1v) is 9.38. The molecule has 2 N–H and O–H groups in total. The molecule has 0 aliphatic carbocycles. The molecule has 1 aliphatic rings. The topological polar surface area (TPSA) is 79.4 Å². The highest BCUT2D eigenvalue weighted by Gasteiger charge is 2.23. The van der Waals surface area contributed by atoms with Gasteiger partial charge in [0.1, 0.15) is 0 Å². The van der Waals surface area contributed by atoms with E-state index in [0.29, 0.717) is 25.5 Å². The highest BCUT2D eigenvalue weighted by molar-refractivity contribution is 5.76. The minimum absolute atomic E-state index is 0.0179. The Morgan fingerprint density at radius 1 is 1.22 bits per heavy atom. The van der Waals surface area contributed by atoms with Crippen molar-refractivity contribution in [3.05, 3.63) is 53.9 Å². The van der Waals surface area contributed by atoms with Gasteiger partial charge in [0.25, 0.3) is 0 Å². The van der Waals surface area contributed by atoms with E-state index in [2.05, 4.69) is 56.7 Å². The number of hydrogen-bond donors (Lipinski definition) is 2. The number of benzene rings is 1. The molecule has 2 heterocycles. The molecule has 1 aliphatic heterocycles. The van der Waals surface area contributed by atoms with Crippen molar-refractivity contribution in [3.8, 4) is 0 Å². The zero-order valence-electron chi connectivity index (χ0n) is 15.7. The lowest BCUT2D eigenvalue weighted by molar-refractivity contribution is -0.121. The van der Waals surface area contributed by atoms with Crippen LogP contribution >= 0.6 is 0 Å². The van der Waals surface area contributed by atoms with Gasteiger partial charge in [-0.1, -0.05) is 29.8 Å². The van der Waals surface area contributed by atoms with Gasteiger partial charge < -0.3 is 15.4 Å². The number of carbonyl (C=O) groups is 1. The van der Waals surface area contributed by atoms with Crippen LogP contribution in [-0.2, 0) is 9.53 Å². The summed E-state index contributed by atoms with van der Waals surface area (Å²) in [4.78, 5) is 22.8. The Hall–Kier alpha value is -2.51. The summed E-state index contributed by atoms with van der Waals surface area (Å²) in [5.74, 6) is 0.556. The number of morpholine rings is 1. The maximum absolute atomic E-state index is 12.3. The van der Waals surface area contributed by atoms with Crippen LogP contribution in [0.25, 0.3) is 0 Å². The lowest BCUT2D eigenvalue weighted by Gasteiger charge is -2.35. The van der Waals surface area contributed by atoms with Crippen LogP contribution in [0.1, 0.15) is 23.6 Å². The van der Waals surface area contributed by atoms with E-state index in [1.807, 2.05) is 0 Å². The third-order valence-corrected chi connectivity index (χ3v) is 4.61. The molecule has 0 bridgehead atoms. The van der Waals surface area contributed by atoms with Crippen molar-refractivity contribution in [2.45, 2.75) is 19.4 Å². The van der Waals surface area contributed by atoms with Gasteiger partial charge in [0.05, 0.1) is 19.3 Å². The van der Waals surface area contributed by atoms with Crippen LogP contribution in [0, 0.1) is 6.92 Å². The Balaban J connectivity index is 1.53. The summed E-state index contributed by atoms with van der Waals surface area (Å²) in [6.45, 7) is 6.40. The molecule has 1 fully saturated rings. The monoisotopic (exact) mass is 369 g/mol. The predicted octanol–water partition coefficient (Wildman–Crippen LogP) is 1.78. The molecule has 7 nitrogen and oxygen atoms in total. The Bertz CT molecular complexity index is 719. The molecule has 3 rings (SSSR count). The Morgan fingerprint density at radius 2 is 2.00 bits per heavy atom. The van der Waals surface area contributed by atoms with E-state index in [1.165, 1.54) is 11.1 Å². The van der Waals surface area contributed by atoms with Crippen LogP contribution in [0.2, 0.25) is 0 Å². The Labute approximate surface area is 160 Å². The lowest BCUT2D eigenvalue weighted by atomic mass is 10.0. The third kappa shape index (κ3) is 6.01. The van der Waals surface area contributed by atoms with Crippen LogP contribution < -0.4 is 10.6 Å². The summed E-state index contributed by atoms with van der Waals surface area (Å²) < 4.78 is 5.48. The first-order valence-electron chi connectivity index (χ1n) is 9.38. The first-order chi connectivity index (χ1) is 13.2. The molecule has 0 saturated carbocycles. The smallest absolute Gasteiger partial charge is 0.222 e. The molecular formula is C20H27N5O2. The van der Waals surface area contributed by atoms with Crippen LogP contribution in [0.5, 0.6) is 0 Å². The second-order valence-corrected chi connectivity index (χ2v) is 6.63. The molecule has 1 aromatic heterocycles. The SMILES string of the molecule is Cc1cccc([C@@H](CNC(=O)CCNc2ncccn2)N2CCOCC2)c1. The Kier molecular flexibility index (Phi) is 7.12. The molecule has 0 unspecified atom stereocenters. The second-order valence-electron chi connectivity index (χ2n) is 6.63. The number of nitrogens with zero attached hydrogens (tertiary/aromatic N) is 3. The van der Waals surface area contributed by atoms with Crippen molar-refractivity contribution in [2.75, 3.05) is 44.7 Å². The number of nitrogens with one attached hydrogen (secondary N) is 2. The van der Waals surface area contributed by atoms with E-state index in [-0.39, 0.29) is 11.9 Å². The molecule has 2 aromatic rings. The van der Waals surface area contributed by atoms with Gasteiger partial charge in [0, 0.05) is 45.0 Å². The molecule has 1 saturated heterocycles.